The summed E-state index contributed by atoms with van der Waals surface area (Å²) in [7, 11) is 0. The molecule has 1 aliphatic heterocycles. The van der Waals surface area contributed by atoms with E-state index in [0.717, 1.165) is 28.5 Å². The van der Waals surface area contributed by atoms with Gasteiger partial charge in [0.05, 0.1) is 17.0 Å². The number of nitrogens with one attached hydrogen (secondary N) is 1. The third-order valence-corrected chi connectivity index (χ3v) is 5.16. The standard InChI is InChI=1S/C21H18ClFN2O/c22-19-3-1-2-17-18(13-24-21(17)19)15-8-10-25(11-9-15)20(26)12-14-4-6-16(23)7-5-14/h1-8,13,24H,9-12H2. The van der Waals surface area contributed by atoms with E-state index >= 15 is 0 Å². The van der Waals surface area contributed by atoms with E-state index in [2.05, 4.69) is 17.1 Å². The second-order valence-electron chi connectivity index (χ2n) is 6.49. The third-order valence-electron chi connectivity index (χ3n) is 4.84. The molecular formula is C21H18ClFN2O. The number of para-hydroxylation sites is 1. The number of carbonyl (C=O) groups is 1. The molecule has 4 rings (SSSR count). The summed E-state index contributed by atoms with van der Waals surface area (Å²) in [4.78, 5) is 17.6. The zero-order valence-electron chi connectivity index (χ0n) is 14.1. The van der Waals surface area contributed by atoms with Crippen LogP contribution in [0.15, 0.2) is 54.7 Å². The van der Waals surface area contributed by atoms with Crippen LogP contribution in [-0.2, 0) is 11.2 Å². The first-order valence-electron chi connectivity index (χ1n) is 8.59. The van der Waals surface area contributed by atoms with Crippen LogP contribution >= 0.6 is 11.6 Å². The van der Waals surface area contributed by atoms with Crippen molar-refractivity contribution in [3.63, 3.8) is 0 Å². The lowest BCUT2D eigenvalue weighted by atomic mass is 9.98. The van der Waals surface area contributed by atoms with Crippen LogP contribution in [0.3, 0.4) is 0 Å². The van der Waals surface area contributed by atoms with Crippen LogP contribution in [0.1, 0.15) is 17.5 Å². The van der Waals surface area contributed by atoms with Crippen LogP contribution in [0, 0.1) is 5.82 Å². The van der Waals surface area contributed by atoms with Gasteiger partial charge in [0.25, 0.3) is 0 Å². The monoisotopic (exact) mass is 368 g/mol. The van der Waals surface area contributed by atoms with Gasteiger partial charge in [-0.1, -0.05) is 41.9 Å². The number of hydrogen-bond acceptors (Lipinski definition) is 1. The highest BCUT2D eigenvalue weighted by atomic mass is 35.5. The summed E-state index contributed by atoms with van der Waals surface area (Å²) >= 11 is 6.23. The molecule has 1 aliphatic rings. The van der Waals surface area contributed by atoms with E-state index in [1.54, 1.807) is 12.1 Å². The summed E-state index contributed by atoms with van der Waals surface area (Å²) in [6.07, 6.45) is 5.19. The highest BCUT2D eigenvalue weighted by Gasteiger charge is 2.20. The number of amides is 1. The van der Waals surface area contributed by atoms with Gasteiger partial charge in [-0.25, -0.2) is 4.39 Å². The van der Waals surface area contributed by atoms with E-state index < -0.39 is 0 Å². The van der Waals surface area contributed by atoms with Gasteiger partial charge in [0.1, 0.15) is 5.82 Å². The molecule has 5 heteroatoms. The van der Waals surface area contributed by atoms with Gasteiger partial charge in [0.2, 0.25) is 5.91 Å². The summed E-state index contributed by atoms with van der Waals surface area (Å²) in [5.74, 6) is -0.223. The fourth-order valence-corrected chi connectivity index (χ4v) is 3.64. The molecule has 0 spiro atoms. The zero-order chi connectivity index (χ0) is 18.1. The number of rotatable bonds is 3. The van der Waals surface area contributed by atoms with Crippen molar-refractivity contribution >= 4 is 34.0 Å². The first-order valence-corrected chi connectivity index (χ1v) is 8.97. The van der Waals surface area contributed by atoms with Crippen LogP contribution in [0.25, 0.3) is 16.5 Å². The minimum absolute atomic E-state index is 0.0638. The van der Waals surface area contributed by atoms with Gasteiger partial charge in [-0.15, -0.1) is 0 Å². The van der Waals surface area contributed by atoms with Crippen LogP contribution in [0.5, 0.6) is 0 Å². The molecule has 132 valence electrons. The highest BCUT2D eigenvalue weighted by Crippen LogP contribution is 2.32. The minimum Gasteiger partial charge on any atom is -0.359 e. The molecule has 2 heterocycles. The van der Waals surface area contributed by atoms with Gasteiger partial charge >= 0.3 is 0 Å². The van der Waals surface area contributed by atoms with Crippen molar-refractivity contribution in [3.8, 4) is 0 Å². The average Bonchev–Trinajstić information content (AvgIpc) is 3.09. The lowest BCUT2D eigenvalue weighted by Crippen LogP contribution is -2.35. The van der Waals surface area contributed by atoms with E-state index in [0.29, 0.717) is 24.5 Å². The average molecular weight is 369 g/mol. The maximum atomic E-state index is 13.0. The molecule has 0 saturated carbocycles. The zero-order valence-corrected chi connectivity index (χ0v) is 14.9. The summed E-state index contributed by atoms with van der Waals surface area (Å²) < 4.78 is 13.0. The van der Waals surface area contributed by atoms with Gasteiger partial charge in [0.15, 0.2) is 0 Å². The molecular weight excluding hydrogens is 351 g/mol. The van der Waals surface area contributed by atoms with Crippen molar-refractivity contribution in [2.45, 2.75) is 12.8 Å². The van der Waals surface area contributed by atoms with Gasteiger partial charge in [-0.05, 0) is 35.8 Å². The second kappa shape index (κ2) is 6.96. The van der Waals surface area contributed by atoms with Gasteiger partial charge in [0, 0.05) is 30.2 Å². The van der Waals surface area contributed by atoms with Gasteiger partial charge in [-0.2, -0.15) is 0 Å². The molecule has 0 radical (unpaired) electrons. The fraction of sp³-hybridized carbons (Fsp3) is 0.190. The van der Waals surface area contributed by atoms with Crippen molar-refractivity contribution in [2.75, 3.05) is 13.1 Å². The number of halogens is 2. The Morgan fingerprint density at radius 1 is 1.19 bits per heavy atom. The van der Waals surface area contributed by atoms with Crippen molar-refractivity contribution in [3.05, 3.63) is 76.7 Å². The SMILES string of the molecule is O=C(Cc1ccc(F)cc1)N1CC=C(c2c[nH]c3c(Cl)cccc23)CC1. The molecule has 2 aromatic carbocycles. The van der Waals surface area contributed by atoms with Crippen molar-refractivity contribution < 1.29 is 9.18 Å². The number of H-pyrrole nitrogens is 1. The number of hydrogen-bond donors (Lipinski definition) is 1. The highest BCUT2D eigenvalue weighted by molar-refractivity contribution is 6.35. The molecule has 0 atom stereocenters. The van der Waals surface area contributed by atoms with Crippen LogP contribution in [-0.4, -0.2) is 28.9 Å². The maximum absolute atomic E-state index is 13.0. The second-order valence-corrected chi connectivity index (χ2v) is 6.89. The molecule has 0 aliphatic carbocycles. The van der Waals surface area contributed by atoms with E-state index in [4.69, 9.17) is 11.6 Å². The van der Waals surface area contributed by atoms with Crippen LogP contribution < -0.4 is 0 Å². The smallest absolute Gasteiger partial charge is 0.227 e. The Morgan fingerprint density at radius 2 is 2.00 bits per heavy atom. The largest absolute Gasteiger partial charge is 0.359 e. The Morgan fingerprint density at radius 3 is 2.73 bits per heavy atom. The molecule has 26 heavy (non-hydrogen) atoms. The first kappa shape index (κ1) is 16.9. The first-order chi connectivity index (χ1) is 12.6. The summed E-state index contributed by atoms with van der Waals surface area (Å²) in [6, 6.07) is 12.0. The number of benzene rings is 2. The number of nitrogens with zero attached hydrogens (tertiary/aromatic N) is 1. The molecule has 3 aromatic rings. The predicted molar refractivity (Wildman–Crippen MR) is 103 cm³/mol. The molecule has 1 aromatic heterocycles. The Balaban J connectivity index is 1.48. The summed E-state index contributed by atoms with van der Waals surface area (Å²) in [6.45, 7) is 1.27. The van der Waals surface area contributed by atoms with Gasteiger partial charge < -0.3 is 9.88 Å². The predicted octanol–water partition coefficient (Wildman–Crippen LogP) is 4.82. The quantitative estimate of drug-likeness (QED) is 0.707. The Bertz CT molecular complexity index is 991. The Labute approximate surface area is 156 Å². The third kappa shape index (κ3) is 3.25. The van der Waals surface area contributed by atoms with Crippen molar-refractivity contribution in [1.29, 1.82) is 0 Å². The number of aromatic amines is 1. The van der Waals surface area contributed by atoms with E-state index in [-0.39, 0.29) is 11.7 Å². The number of fused-ring (bicyclic) bond motifs is 1. The normalized spacial score (nSPS) is 14.5. The molecule has 0 saturated heterocycles. The lowest BCUT2D eigenvalue weighted by molar-refractivity contribution is -0.130. The molecule has 1 N–H and O–H groups in total. The van der Waals surface area contributed by atoms with E-state index in [9.17, 15) is 9.18 Å². The van der Waals surface area contributed by atoms with Crippen LogP contribution in [0.2, 0.25) is 5.02 Å². The summed E-state index contributed by atoms with van der Waals surface area (Å²) in [5, 5.41) is 1.82. The van der Waals surface area contributed by atoms with Crippen molar-refractivity contribution in [2.24, 2.45) is 0 Å². The Hall–Kier alpha value is -2.59. The number of carbonyl (C=O) groups excluding carboxylic acids is 1. The fourth-order valence-electron chi connectivity index (χ4n) is 3.41. The van der Waals surface area contributed by atoms with E-state index in [1.807, 2.05) is 23.2 Å². The maximum Gasteiger partial charge on any atom is 0.227 e. The molecule has 0 fully saturated rings. The molecule has 3 nitrogen and oxygen atoms in total. The van der Waals surface area contributed by atoms with E-state index in [1.165, 1.54) is 17.7 Å². The number of aromatic nitrogens is 1. The molecule has 0 unspecified atom stereocenters. The summed E-state index contributed by atoms with van der Waals surface area (Å²) in [5.41, 5.74) is 4.15. The minimum atomic E-state index is -0.287. The molecule has 1 amide bonds. The van der Waals surface area contributed by atoms with Crippen molar-refractivity contribution in [1.82, 2.24) is 9.88 Å². The topological polar surface area (TPSA) is 36.1 Å². The Kier molecular flexibility index (Phi) is 4.51. The van der Waals surface area contributed by atoms with Crippen LogP contribution in [0.4, 0.5) is 4.39 Å². The lowest BCUT2D eigenvalue weighted by Gasteiger charge is -2.26. The molecule has 0 bridgehead atoms. The van der Waals surface area contributed by atoms with Gasteiger partial charge in [-0.3, -0.25) is 4.79 Å².